The third kappa shape index (κ3) is 2.59. The number of nitrogens with zero attached hydrogens (tertiary/aromatic N) is 3. The van der Waals surface area contributed by atoms with Gasteiger partial charge in [0.25, 0.3) is 5.91 Å². The number of carbonyl (C=O) groups is 1. The van der Waals surface area contributed by atoms with Crippen molar-refractivity contribution in [2.24, 2.45) is 0 Å². The Morgan fingerprint density at radius 1 is 1.30 bits per heavy atom. The fraction of sp³-hybridized carbons (Fsp3) is 0.214. The first-order chi connectivity index (χ1) is 9.69. The molecule has 5 nitrogen and oxygen atoms in total. The summed E-state index contributed by atoms with van der Waals surface area (Å²) in [6, 6.07) is 4.79. The molecule has 0 aliphatic carbocycles. The van der Waals surface area contributed by atoms with E-state index in [1.165, 1.54) is 17.2 Å². The van der Waals surface area contributed by atoms with Crippen molar-refractivity contribution in [2.75, 3.05) is 23.8 Å². The maximum atomic E-state index is 14.2. The predicted octanol–water partition coefficient (Wildman–Crippen LogP) is 2.32. The smallest absolute Gasteiger partial charge is 0.261 e. The summed E-state index contributed by atoms with van der Waals surface area (Å²) in [5.74, 6) is -0.996. The van der Waals surface area contributed by atoms with Crippen LogP contribution in [0.4, 0.5) is 15.9 Å². The number of amides is 1. The van der Waals surface area contributed by atoms with Crippen LogP contribution < -0.4 is 10.2 Å². The number of nitrogens with one attached hydrogen (secondary N) is 1. The third-order valence-electron chi connectivity index (χ3n) is 2.89. The average Bonchev–Trinajstić information content (AvgIpc) is 2.49. The van der Waals surface area contributed by atoms with E-state index in [1.807, 2.05) is 6.92 Å². The highest BCUT2D eigenvalue weighted by Crippen LogP contribution is 2.20. The summed E-state index contributed by atoms with van der Waals surface area (Å²) in [5.41, 5.74) is 0.665. The molecule has 6 heteroatoms. The Balaban J connectivity index is 2.39. The lowest BCUT2D eigenvalue weighted by atomic mass is 10.2. The van der Waals surface area contributed by atoms with Crippen LogP contribution in [0, 0.1) is 5.82 Å². The molecule has 2 heterocycles. The molecule has 20 heavy (non-hydrogen) atoms. The van der Waals surface area contributed by atoms with Gasteiger partial charge in [0.15, 0.2) is 11.6 Å². The third-order valence-corrected chi connectivity index (χ3v) is 2.89. The molecule has 0 saturated carbocycles. The van der Waals surface area contributed by atoms with Crippen molar-refractivity contribution in [3.05, 3.63) is 48.2 Å². The standard InChI is InChI=1S/C14H15FN4O/c1-3-19(10-4-7-17-8-5-10)14(20)11-6-9-18-13(16-2)12(11)15/h4-9H,3H2,1-2H3,(H,16,18). The minimum atomic E-state index is -0.646. The molecule has 0 aliphatic heterocycles. The monoisotopic (exact) mass is 274 g/mol. The van der Waals surface area contributed by atoms with Crippen LogP contribution in [0.3, 0.4) is 0 Å². The lowest BCUT2D eigenvalue weighted by Gasteiger charge is -2.21. The van der Waals surface area contributed by atoms with Gasteiger partial charge in [-0.3, -0.25) is 9.78 Å². The summed E-state index contributed by atoms with van der Waals surface area (Å²) < 4.78 is 14.2. The number of carbonyl (C=O) groups excluding carboxylic acids is 1. The number of aromatic nitrogens is 2. The Morgan fingerprint density at radius 2 is 2.00 bits per heavy atom. The van der Waals surface area contributed by atoms with Crippen molar-refractivity contribution >= 4 is 17.4 Å². The molecule has 0 aromatic carbocycles. The van der Waals surface area contributed by atoms with Crippen molar-refractivity contribution in [1.29, 1.82) is 0 Å². The lowest BCUT2D eigenvalue weighted by molar-refractivity contribution is 0.0984. The molecule has 2 rings (SSSR count). The van der Waals surface area contributed by atoms with Crippen LogP contribution in [0.15, 0.2) is 36.8 Å². The summed E-state index contributed by atoms with van der Waals surface area (Å²) in [4.78, 5) is 21.7. The second-order valence-corrected chi connectivity index (χ2v) is 4.03. The minimum absolute atomic E-state index is 0.0111. The zero-order valence-corrected chi connectivity index (χ0v) is 11.3. The van der Waals surface area contributed by atoms with Crippen LogP contribution in [0.5, 0.6) is 0 Å². The Morgan fingerprint density at radius 3 is 2.60 bits per heavy atom. The van der Waals surface area contributed by atoms with Gasteiger partial charge in [-0.2, -0.15) is 0 Å². The van der Waals surface area contributed by atoms with Gasteiger partial charge in [-0.05, 0) is 25.1 Å². The maximum Gasteiger partial charge on any atom is 0.261 e. The SMILES string of the molecule is CCN(C(=O)c1ccnc(NC)c1F)c1ccncc1. The number of halogens is 1. The highest BCUT2D eigenvalue weighted by atomic mass is 19.1. The van der Waals surface area contributed by atoms with Crippen molar-refractivity contribution in [3.63, 3.8) is 0 Å². The van der Waals surface area contributed by atoms with E-state index in [0.29, 0.717) is 12.2 Å². The van der Waals surface area contributed by atoms with Gasteiger partial charge in [0.1, 0.15) is 0 Å². The van der Waals surface area contributed by atoms with E-state index >= 15 is 0 Å². The molecule has 0 fully saturated rings. The van der Waals surface area contributed by atoms with Crippen molar-refractivity contribution in [1.82, 2.24) is 9.97 Å². The Kier molecular flexibility index (Phi) is 4.24. The van der Waals surface area contributed by atoms with Gasteiger partial charge in [0.05, 0.1) is 5.56 Å². The number of hydrogen-bond acceptors (Lipinski definition) is 4. The molecule has 0 atom stereocenters. The van der Waals surface area contributed by atoms with Crippen molar-refractivity contribution < 1.29 is 9.18 Å². The summed E-state index contributed by atoms with van der Waals surface area (Å²) in [7, 11) is 1.56. The molecule has 0 saturated heterocycles. The van der Waals surface area contributed by atoms with Gasteiger partial charge in [-0.1, -0.05) is 0 Å². The van der Waals surface area contributed by atoms with E-state index in [9.17, 15) is 9.18 Å². The van der Waals surface area contributed by atoms with Crippen LogP contribution in [-0.2, 0) is 0 Å². The van der Waals surface area contributed by atoms with E-state index in [-0.39, 0.29) is 11.4 Å². The van der Waals surface area contributed by atoms with Gasteiger partial charge in [-0.15, -0.1) is 0 Å². The molecule has 0 aliphatic rings. The Bertz CT molecular complexity index is 603. The first kappa shape index (κ1) is 13.9. The van der Waals surface area contributed by atoms with Crippen LogP contribution >= 0.6 is 0 Å². The zero-order chi connectivity index (χ0) is 14.5. The summed E-state index contributed by atoms with van der Waals surface area (Å²) in [6.07, 6.45) is 4.59. The van der Waals surface area contributed by atoms with Gasteiger partial charge in [0, 0.05) is 37.9 Å². The fourth-order valence-electron chi connectivity index (χ4n) is 1.90. The average molecular weight is 274 g/mol. The second-order valence-electron chi connectivity index (χ2n) is 4.03. The minimum Gasteiger partial charge on any atom is -0.371 e. The first-order valence-corrected chi connectivity index (χ1v) is 6.23. The molecule has 1 amide bonds. The predicted molar refractivity (Wildman–Crippen MR) is 75.3 cm³/mol. The highest BCUT2D eigenvalue weighted by Gasteiger charge is 2.21. The molecular weight excluding hydrogens is 259 g/mol. The summed E-state index contributed by atoms with van der Waals surface area (Å²) in [5, 5.41) is 2.62. The molecule has 104 valence electrons. The van der Waals surface area contributed by atoms with Gasteiger partial charge in [0.2, 0.25) is 0 Å². The van der Waals surface area contributed by atoms with Gasteiger partial charge in [-0.25, -0.2) is 9.37 Å². The second kappa shape index (κ2) is 6.10. The molecule has 0 spiro atoms. The van der Waals surface area contributed by atoms with Crippen LogP contribution in [0.2, 0.25) is 0 Å². The molecule has 1 N–H and O–H groups in total. The molecule has 0 bridgehead atoms. The summed E-state index contributed by atoms with van der Waals surface area (Å²) >= 11 is 0. The van der Waals surface area contributed by atoms with Crippen LogP contribution in [-0.4, -0.2) is 29.5 Å². The largest absolute Gasteiger partial charge is 0.371 e. The number of hydrogen-bond donors (Lipinski definition) is 1. The van der Waals surface area contributed by atoms with Crippen molar-refractivity contribution in [3.8, 4) is 0 Å². The topological polar surface area (TPSA) is 58.1 Å². The maximum absolute atomic E-state index is 14.2. The highest BCUT2D eigenvalue weighted by molar-refractivity contribution is 6.06. The van der Waals surface area contributed by atoms with E-state index in [1.54, 1.807) is 31.6 Å². The normalized spacial score (nSPS) is 10.2. The fourth-order valence-corrected chi connectivity index (χ4v) is 1.90. The first-order valence-electron chi connectivity index (χ1n) is 6.23. The summed E-state index contributed by atoms with van der Waals surface area (Å²) in [6.45, 7) is 2.26. The van der Waals surface area contributed by atoms with E-state index in [4.69, 9.17) is 0 Å². The number of pyridine rings is 2. The molecule has 2 aromatic heterocycles. The Labute approximate surface area is 116 Å². The molecular formula is C14H15FN4O. The van der Waals surface area contributed by atoms with Crippen LogP contribution in [0.1, 0.15) is 17.3 Å². The van der Waals surface area contributed by atoms with E-state index < -0.39 is 11.7 Å². The quantitative estimate of drug-likeness (QED) is 0.929. The lowest BCUT2D eigenvalue weighted by Crippen LogP contribution is -2.31. The van der Waals surface area contributed by atoms with E-state index in [0.717, 1.165) is 0 Å². The zero-order valence-electron chi connectivity index (χ0n) is 11.3. The van der Waals surface area contributed by atoms with Crippen LogP contribution in [0.25, 0.3) is 0 Å². The number of rotatable bonds is 4. The number of anilines is 2. The Hall–Kier alpha value is -2.50. The van der Waals surface area contributed by atoms with Gasteiger partial charge >= 0.3 is 0 Å². The molecule has 0 unspecified atom stereocenters. The van der Waals surface area contributed by atoms with Crippen molar-refractivity contribution in [2.45, 2.75) is 6.92 Å². The molecule has 2 aromatic rings. The van der Waals surface area contributed by atoms with Gasteiger partial charge < -0.3 is 10.2 Å². The van der Waals surface area contributed by atoms with E-state index in [2.05, 4.69) is 15.3 Å². The molecule has 0 radical (unpaired) electrons.